The van der Waals surface area contributed by atoms with Crippen LogP contribution in [0.25, 0.3) is 23.9 Å². The highest BCUT2D eigenvalue weighted by Crippen LogP contribution is 2.21. The minimum Gasteiger partial charge on any atom is -0.508 e. The average molecular weight is 288 g/mol. The number of aromatic nitrogens is 2. The van der Waals surface area contributed by atoms with Gasteiger partial charge < -0.3 is 9.67 Å². The minimum atomic E-state index is 0.268. The summed E-state index contributed by atoms with van der Waals surface area (Å²) in [4.78, 5) is 4.05. The second-order valence-corrected chi connectivity index (χ2v) is 4.86. The summed E-state index contributed by atoms with van der Waals surface area (Å²) in [6.45, 7) is 3.87. The molecule has 0 unspecified atom stereocenters. The van der Waals surface area contributed by atoms with E-state index >= 15 is 0 Å². The van der Waals surface area contributed by atoms with Gasteiger partial charge in [0.2, 0.25) is 0 Å². The molecule has 3 rings (SSSR count). The van der Waals surface area contributed by atoms with Gasteiger partial charge in [-0.15, -0.1) is 0 Å². The van der Waals surface area contributed by atoms with E-state index in [1.807, 2.05) is 54.8 Å². The van der Waals surface area contributed by atoms with Crippen molar-refractivity contribution in [1.29, 1.82) is 0 Å². The number of aromatic hydroxyl groups is 1. The van der Waals surface area contributed by atoms with Gasteiger partial charge in [0.05, 0.1) is 5.69 Å². The molecule has 108 valence electrons. The average Bonchev–Trinajstić information content (AvgIpc) is 2.98. The predicted octanol–water partition coefficient (Wildman–Crippen LogP) is 4.39. The van der Waals surface area contributed by atoms with Crippen molar-refractivity contribution in [2.75, 3.05) is 0 Å². The van der Waals surface area contributed by atoms with Gasteiger partial charge in [-0.3, -0.25) is 4.98 Å². The number of phenols is 1. The zero-order valence-electron chi connectivity index (χ0n) is 12.1. The maximum atomic E-state index is 9.34. The van der Waals surface area contributed by atoms with Crippen molar-refractivity contribution >= 4 is 18.2 Å². The molecule has 0 bridgehead atoms. The zero-order chi connectivity index (χ0) is 15.4. The summed E-state index contributed by atoms with van der Waals surface area (Å²) in [5, 5.41) is 9.34. The number of phenolic OH excluding ortho intramolecular Hbond substituents is 1. The molecule has 0 aliphatic carbocycles. The highest BCUT2D eigenvalue weighted by molar-refractivity contribution is 5.74. The fourth-order valence-electron chi connectivity index (χ4n) is 2.30. The van der Waals surface area contributed by atoms with Crippen LogP contribution in [0.5, 0.6) is 5.75 Å². The monoisotopic (exact) mass is 288 g/mol. The fraction of sp³-hybridized carbons (Fsp3) is 0. The number of nitrogens with zero attached hydrogens (tertiary/aromatic N) is 2. The van der Waals surface area contributed by atoms with Crippen LogP contribution >= 0.6 is 0 Å². The molecule has 0 fully saturated rings. The van der Waals surface area contributed by atoms with Crippen LogP contribution in [0, 0.1) is 0 Å². The second-order valence-electron chi connectivity index (χ2n) is 4.86. The number of rotatable bonds is 4. The molecule has 3 heteroatoms. The van der Waals surface area contributed by atoms with E-state index in [1.54, 1.807) is 24.5 Å². The standard InChI is InChI=1S/C19H16N2O/c1-2-16-11-14-21(17-9-12-20-13-10-17)19(16)8-5-15-3-6-18(22)7-4-15/h2-14,22H,1H2/b8-5+. The number of hydrogen-bond donors (Lipinski definition) is 1. The third kappa shape index (κ3) is 2.83. The molecule has 2 aromatic heterocycles. The number of pyridine rings is 1. The summed E-state index contributed by atoms with van der Waals surface area (Å²) in [7, 11) is 0. The van der Waals surface area contributed by atoms with E-state index in [4.69, 9.17) is 0 Å². The largest absolute Gasteiger partial charge is 0.508 e. The van der Waals surface area contributed by atoms with Crippen LogP contribution in [0.2, 0.25) is 0 Å². The van der Waals surface area contributed by atoms with Crippen LogP contribution in [0.1, 0.15) is 16.8 Å². The quantitative estimate of drug-likeness (QED) is 0.773. The van der Waals surface area contributed by atoms with E-state index in [0.717, 1.165) is 22.5 Å². The van der Waals surface area contributed by atoms with Gasteiger partial charge in [0, 0.05) is 24.3 Å². The summed E-state index contributed by atoms with van der Waals surface area (Å²) >= 11 is 0. The predicted molar refractivity (Wildman–Crippen MR) is 90.7 cm³/mol. The van der Waals surface area contributed by atoms with Crippen LogP contribution < -0.4 is 0 Å². The van der Waals surface area contributed by atoms with E-state index in [-0.39, 0.29) is 5.75 Å². The van der Waals surface area contributed by atoms with Crippen molar-refractivity contribution in [2.45, 2.75) is 0 Å². The molecule has 0 amide bonds. The molecule has 3 aromatic rings. The Morgan fingerprint density at radius 2 is 1.68 bits per heavy atom. The van der Waals surface area contributed by atoms with Gasteiger partial charge in [0.25, 0.3) is 0 Å². The van der Waals surface area contributed by atoms with E-state index < -0.39 is 0 Å². The van der Waals surface area contributed by atoms with Gasteiger partial charge in [-0.05, 0) is 47.5 Å². The fourth-order valence-corrected chi connectivity index (χ4v) is 2.30. The normalized spacial score (nSPS) is 10.9. The molecule has 0 atom stereocenters. The Kier molecular flexibility index (Phi) is 3.88. The summed E-state index contributed by atoms with van der Waals surface area (Å²) < 4.78 is 2.09. The molecule has 3 nitrogen and oxygen atoms in total. The van der Waals surface area contributed by atoms with Gasteiger partial charge in [-0.2, -0.15) is 0 Å². The molecule has 0 spiro atoms. The third-order valence-electron chi connectivity index (χ3n) is 3.45. The van der Waals surface area contributed by atoms with Crippen molar-refractivity contribution in [3.63, 3.8) is 0 Å². The number of hydrogen-bond acceptors (Lipinski definition) is 2. The lowest BCUT2D eigenvalue weighted by Gasteiger charge is -2.07. The first-order valence-electron chi connectivity index (χ1n) is 6.99. The molecule has 0 radical (unpaired) electrons. The Bertz CT molecular complexity index is 799. The molecule has 0 saturated carbocycles. The minimum absolute atomic E-state index is 0.268. The lowest BCUT2D eigenvalue weighted by atomic mass is 10.1. The maximum Gasteiger partial charge on any atom is 0.115 e. The zero-order valence-corrected chi connectivity index (χ0v) is 12.1. The van der Waals surface area contributed by atoms with Crippen molar-refractivity contribution in [2.24, 2.45) is 0 Å². The van der Waals surface area contributed by atoms with Crippen molar-refractivity contribution in [1.82, 2.24) is 9.55 Å². The first kappa shape index (κ1) is 13.9. The van der Waals surface area contributed by atoms with E-state index in [0.29, 0.717) is 0 Å². The first-order valence-corrected chi connectivity index (χ1v) is 6.99. The van der Waals surface area contributed by atoms with E-state index in [2.05, 4.69) is 16.1 Å². The first-order chi connectivity index (χ1) is 10.8. The van der Waals surface area contributed by atoms with Gasteiger partial charge in [-0.1, -0.05) is 30.9 Å². The molecular formula is C19H16N2O. The third-order valence-corrected chi connectivity index (χ3v) is 3.45. The van der Waals surface area contributed by atoms with Gasteiger partial charge in [0.1, 0.15) is 5.75 Å². The van der Waals surface area contributed by atoms with E-state index in [9.17, 15) is 5.11 Å². The summed E-state index contributed by atoms with van der Waals surface area (Å²) in [5.74, 6) is 0.268. The summed E-state index contributed by atoms with van der Waals surface area (Å²) in [5.41, 5.74) is 4.19. The molecule has 2 heterocycles. The lowest BCUT2D eigenvalue weighted by molar-refractivity contribution is 0.475. The van der Waals surface area contributed by atoms with Gasteiger partial charge in [0.15, 0.2) is 0 Å². The van der Waals surface area contributed by atoms with Crippen molar-refractivity contribution < 1.29 is 5.11 Å². The van der Waals surface area contributed by atoms with Crippen LogP contribution in [-0.2, 0) is 0 Å². The van der Waals surface area contributed by atoms with Crippen LogP contribution in [-0.4, -0.2) is 14.7 Å². The lowest BCUT2D eigenvalue weighted by Crippen LogP contribution is -1.95. The molecule has 0 saturated heterocycles. The molecule has 0 aliphatic heterocycles. The molecule has 22 heavy (non-hydrogen) atoms. The van der Waals surface area contributed by atoms with Crippen molar-refractivity contribution in [3.05, 3.63) is 84.5 Å². The van der Waals surface area contributed by atoms with Crippen LogP contribution in [0.15, 0.2) is 67.6 Å². The van der Waals surface area contributed by atoms with Crippen LogP contribution in [0.4, 0.5) is 0 Å². The summed E-state index contributed by atoms with van der Waals surface area (Å²) in [6.07, 6.45) is 11.5. The Labute approximate surface area is 129 Å². The SMILES string of the molecule is C=Cc1ccn(-c2ccncc2)c1/C=C/c1ccc(O)cc1. The number of benzene rings is 1. The van der Waals surface area contributed by atoms with Gasteiger partial charge in [-0.25, -0.2) is 0 Å². The van der Waals surface area contributed by atoms with E-state index in [1.165, 1.54) is 0 Å². The smallest absolute Gasteiger partial charge is 0.115 e. The topological polar surface area (TPSA) is 38.0 Å². The molecule has 1 aromatic carbocycles. The Hall–Kier alpha value is -3.07. The maximum absolute atomic E-state index is 9.34. The second kappa shape index (κ2) is 6.14. The van der Waals surface area contributed by atoms with Crippen molar-refractivity contribution in [3.8, 4) is 11.4 Å². The highest BCUT2D eigenvalue weighted by atomic mass is 16.3. The Morgan fingerprint density at radius 3 is 2.36 bits per heavy atom. The molecule has 0 aliphatic rings. The Balaban J connectivity index is 2.00. The summed E-state index contributed by atoms with van der Waals surface area (Å²) in [6, 6.07) is 13.1. The Morgan fingerprint density at radius 1 is 0.955 bits per heavy atom. The highest BCUT2D eigenvalue weighted by Gasteiger charge is 2.05. The molecular weight excluding hydrogens is 272 g/mol. The van der Waals surface area contributed by atoms with Gasteiger partial charge >= 0.3 is 0 Å². The molecule has 1 N–H and O–H groups in total. The van der Waals surface area contributed by atoms with Crippen LogP contribution in [0.3, 0.4) is 0 Å².